The molecule has 1 unspecified atom stereocenters. The zero-order valence-electron chi connectivity index (χ0n) is 10.4. The summed E-state index contributed by atoms with van der Waals surface area (Å²) in [5.41, 5.74) is 0.982. The largest absolute Gasteiger partial charge is 0.334 e. The predicted octanol–water partition coefficient (Wildman–Crippen LogP) is 2.17. The van der Waals surface area contributed by atoms with Gasteiger partial charge in [-0.1, -0.05) is 23.7 Å². The van der Waals surface area contributed by atoms with E-state index in [-0.39, 0.29) is 11.9 Å². The lowest BCUT2D eigenvalue weighted by molar-refractivity contribution is -0.128. The van der Waals surface area contributed by atoms with Crippen LogP contribution in [-0.4, -0.2) is 36.5 Å². The van der Waals surface area contributed by atoms with E-state index in [0.29, 0.717) is 5.02 Å². The maximum atomic E-state index is 12.0. The number of rotatable bonds is 2. The van der Waals surface area contributed by atoms with Crippen LogP contribution in [0.4, 0.5) is 0 Å². The molecular formula is C14H17ClN2O. The summed E-state index contributed by atoms with van der Waals surface area (Å²) in [6.45, 7) is 4.55. The molecule has 1 saturated heterocycles. The van der Waals surface area contributed by atoms with Crippen LogP contribution in [0.3, 0.4) is 0 Å². The van der Waals surface area contributed by atoms with E-state index in [1.807, 2.05) is 35.2 Å². The molecule has 1 atom stereocenters. The van der Waals surface area contributed by atoms with Gasteiger partial charge in [0.15, 0.2) is 0 Å². The van der Waals surface area contributed by atoms with E-state index in [9.17, 15) is 4.79 Å². The molecule has 0 radical (unpaired) electrons. The maximum absolute atomic E-state index is 12.0. The van der Waals surface area contributed by atoms with Gasteiger partial charge in [0.05, 0.1) is 0 Å². The van der Waals surface area contributed by atoms with Gasteiger partial charge in [0.2, 0.25) is 5.91 Å². The summed E-state index contributed by atoms with van der Waals surface area (Å²) in [6.07, 6.45) is 3.46. The Morgan fingerprint density at radius 1 is 1.44 bits per heavy atom. The Balaban J connectivity index is 1.99. The van der Waals surface area contributed by atoms with Crippen molar-refractivity contribution in [3.63, 3.8) is 0 Å². The molecule has 1 amide bonds. The first-order chi connectivity index (χ1) is 8.66. The van der Waals surface area contributed by atoms with Crippen LogP contribution in [0.1, 0.15) is 12.5 Å². The topological polar surface area (TPSA) is 32.3 Å². The third-order valence-electron chi connectivity index (χ3n) is 3.07. The van der Waals surface area contributed by atoms with Gasteiger partial charge in [-0.25, -0.2) is 0 Å². The lowest BCUT2D eigenvalue weighted by atomic mass is 10.2. The van der Waals surface area contributed by atoms with Crippen LogP contribution >= 0.6 is 11.6 Å². The minimum absolute atomic E-state index is 0.0685. The highest BCUT2D eigenvalue weighted by Gasteiger charge is 2.20. The fraction of sp³-hybridized carbons (Fsp3) is 0.357. The highest BCUT2D eigenvalue weighted by molar-refractivity contribution is 6.30. The first-order valence-corrected chi connectivity index (χ1v) is 6.49. The highest BCUT2D eigenvalue weighted by Crippen LogP contribution is 2.11. The molecule has 1 aromatic carbocycles. The second-order valence-corrected chi connectivity index (χ2v) is 4.91. The Morgan fingerprint density at radius 3 is 2.83 bits per heavy atom. The summed E-state index contributed by atoms with van der Waals surface area (Å²) in [4.78, 5) is 13.9. The van der Waals surface area contributed by atoms with E-state index >= 15 is 0 Å². The molecule has 0 aliphatic carbocycles. The van der Waals surface area contributed by atoms with E-state index < -0.39 is 0 Å². The molecule has 0 spiro atoms. The SMILES string of the molecule is CC1CNCCN1C(=O)C=Cc1ccc(Cl)cc1. The highest BCUT2D eigenvalue weighted by atomic mass is 35.5. The van der Waals surface area contributed by atoms with E-state index in [2.05, 4.69) is 12.2 Å². The standard InChI is InChI=1S/C14H17ClN2O/c1-11-10-16-8-9-17(11)14(18)7-4-12-2-5-13(15)6-3-12/h2-7,11,16H,8-10H2,1H3. The van der Waals surface area contributed by atoms with Crippen molar-refractivity contribution < 1.29 is 4.79 Å². The van der Waals surface area contributed by atoms with Gasteiger partial charge in [0.1, 0.15) is 0 Å². The minimum Gasteiger partial charge on any atom is -0.334 e. The van der Waals surface area contributed by atoms with E-state index in [0.717, 1.165) is 25.2 Å². The molecule has 1 aliphatic rings. The Labute approximate surface area is 112 Å². The van der Waals surface area contributed by atoms with Crippen molar-refractivity contribution in [2.45, 2.75) is 13.0 Å². The summed E-state index contributed by atoms with van der Waals surface area (Å²) in [5.74, 6) is 0.0685. The van der Waals surface area contributed by atoms with Crippen LogP contribution in [0.25, 0.3) is 6.08 Å². The Bertz CT molecular complexity index is 442. The monoisotopic (exact) mass is 264 g/mol. The van der Waals surface area contributed by atoms with Gasteiger partial charge >= 0.3 is 0 Å². The third-order valence-corrected chi connectivity index (χ3v) is 3.32. The predicted molar refractivity (Wildman–Crippen MR) is 74.5 cm³/mol. The summed E-state index contributed by atoms with van der Waals surface area (Å²) < 4.78 is 0. The summed E-state index contributed by atoms with van der Waals surface area (Å²) >= 11 is 5.81. The molecule has 0 bridgehead atoms. The van der Waals surface area contributed by atoms with E-state index in [1.54, 1.807) is 6.08 Å². The van der Waals surface area contributed by atoms with E-state index in [4.69, 9.17) is 11.6 Å². The first kappa shape index (κ1) is 13.1. The van der Waals surface area contributed by atoms with Gasteiger partial charge < -0.3 is 10.2 Å². The van der Waals surface area contributed by atoms with Crippen LogP contribution < -0.4 is 5.32 Å². The van der Waals surface area contributed by atoms with Crippen LogP contribution in [0, 0.1) is 0 Å². The lowest BCUT2D eigenvalue weighted by Crippen LogP contribution is -2.51. The molecule has 1 heterocycles. The van der Waals surface area contributed by atoms with Crippen molar-refractivity contribution in [1.82, 2.24) is 10.2 Å². The van der Waals surface area contributed by atoms with Crippen molar-refractivity contribution in [3.05, 3.63) is 40.9 Å². The first-order valence-electron chi connectivity index (χ1n) is 6.12. The van der Waals surface area contributed by atoms with Crippen LogP contribution in [-0.2, 0) is 4.79 Å². The number of amides is 1. The second kappa shape index (κ2) is 6.03. The van der Waals surface area contributed by atoms with Gasteiger partial charge in [0.25, 0.3) is 0 Å². The van der Waals surface area contributed by atoms with Gasteiger partial charge in [-0.2, -0.15) is 0 Å². The molecule has 1 aliphatic heterocycles. The number of halogens is 1. The summed E-state index contributed by atoms with van der Waals surface area (Å²) in [6, 6.07) is 7.68. The minimum atomic E-state index is 0.0685. The van der Waals surface area contributed by atoms with E-state index in [1.165, 1.54) is 0 Å². The zero-order valence-corrected chi connectivity index (χ0v) is 11.2. The van der Waals surface area contributed by atoms with Crippen molar-refractivity contribution >= 4 is 23.6 Å². The molecule has 96 valence electrons. The molecule has 18 heavy (non-hydrogen) atoms. The molecule has 1 aromatic rings. The van der Waals surface area contributed by atoms with Gasteiger partial charge in [-0.3, -0.25) is 4.79 Å². The van der Waals surface area contributed by atoms with Gasteiger partial charge in [-0.05, 0) is 30.7 Å². The molecule has 3 nitrogen and oxygen atoms in total. The Morgan fingerprint density at radius 2 is 2.17 bits per heavy atom. The summed E-state index contributed by atoms with van der Waals surface area (Å²) in [5, 5.41) is 3.97. The fourth-order valence-corrected chi connectivity index (χ4v) is 2.13. The van der Waals surface area contributed by atoms with Crippen LogP contribution in [0.2, 0.25) is 5.02 Å². The number of piperazine rings is 1. The number of benzene rings is 1. The van der Waals surface area contributed by atoms with Crippen molar-refractivity contribution in [1.29, 1.82) is 0 Å². The summed E-state index contributed by atoms with van der Waals surface area (Å²) in [7, 11) is 0. The average Bonchev–Trinajstić information content (AvgIpc) is 2.38. The molecule has 2 rings (SSSR count). The normalized spacial score (nSPS) is 20.3. The number of carbonyl (C=O) groups is 1. The Hall–Kier alpha value is -1.32. The molecule has 1 fully saturated rings. The molecular weight excluding hydrogens is 248 g/mol. The maximum Gasteiger partial charge on any atom is 0.246 e. The lowest BCUT2D eigenvalue weighted by Gasteiger charge is -2.33. The number of nitrogens with zero attached hydrogens (tertiary/aromatic N) is 1. The average molecular weight is 265 g/mol. The number of hydrogen-bond donors (Lipinski definition) is 1. The number of carbonyl (C=O) groups excluding carboxylic acids is 1. The van der Waals surface area contributed by atoms with Crippen molar-refractivity contribution in [3.8, 4) is 0 Å². The number of nitrogens with one attached hydrogen (secondary N) is 1. The van der Waals surface area contributed by atoms with Crippen LogP contribution in [0.5, 0.6) is 0 Å². The molecule has 0 aromatic heterocycles. The third kappa shape index (κ3) is 3.34. The zero-order chi connectivity index (χ0) is 13.0. The number of hydrogen-bond acceptors (Lipinski definition) is 2. The van der Waals surface area contributed by atoms with Gasteiger partial charge in [0, 0.05) is 36.8 Å². The molecule has 0 saturated carbocycles. The fourth-order valence-electron chi connectivity index (χ4n) is 2.01. The smallest absolute Gasteiger partial charge is 0.246 e. The molecule has 1 N–H and O–H groups in total. The molecule has 4 heteroatoms. The van der Waals surface area contributed by atoms with Crippen molar-refractivity contribution in [2.24, 2.45) is 0 Å². The van der Waals surface area contributed by atoms with Crippen molar-refractivity contribution in [2.75, 3.05) is 19.6 Å². The van der Waals surface area contributed by atoms with Crippen LogP contribution in [0.15, 0.2) is 30.3 Å². The van der Waals surface area contributed by atoms with Gasteiger partial charge in [-0.15, -0.1) is 0 Å². The quantitative estimate of drug-likeness (QED) is 0.831. The second-order valence-electron chi connectivity index (χ2n) is 4.47. The Kier molecular flexibility index (Phi) is 4.39.